The van der Waals surface area contributed by atoms with Crippen LogP contribution < -0.4 is 5.32 Å². The first kappa shape index (κ1) is 15.1. The Bertz CT molecular complexity index is 402. The van der Waals surface area contributed by atoms with Gasteiger partial charge in [-0.3, -0.25) is 4.79 Å². The molecule has 0 radical (unpaired) electrons. The molecule has 1 unspecified atom stereocenters. The molecule has 5 heteroatoms. The summed E-state index contributed by atoms with van der Waals surface area (Å²) in [5.41, 5.74) is 1.04. The fraction of sp³-hybridized carbons (Fsp3) is 0.692. The summed E-state index contributed by atoms with van der Waals surface area (Å²) < 4.78 is 0. The number of nitrogens with zero attached hydrogens (tertiary/aromatic N) is 1. The van der Waals surface area contributed by atoms with Gasteiger partial charge in [0.2, 0.25) is 0 Å². The topological polar surface area (TPSA) is 62.2 Å². The molecule has 1 aromatic heterocycles. The molecule has 0 bridgehead atoms. The fourth-order valence-electron chi connectivity index (χ4n) is 1.94. The Kier molecular flexibility index (Phi) is 5.75. The van der Waals surface area contributed by atoms with Gasteiger partial charge in [0.15, 0.2) is 0 Å². The molecule has 4 nitrogen and oxygen atoms in total. The summed E-state index contributed by atoms with van der Waals surface area (Å²) in [5.74, 6) is -0.618. The summed E-state index contributed by atoms with van der Waals surface area (Å²) in [6.07, 6.45) is 0.711. The van der Waals surface area contributed by atoms with Crippen molar-refractivity contribution in [2.45, 2.75) is 40.7 Å². The molecule has 1 heterocycles. The molecule has 0 aliphatic rings. The van der Waals surface area contributed by atoms with E-state index in [9.17, 15) is 4.79 Å². The minimum atomic E-state index is -0.714. The number of aryl methyl sites for hydroxylation is 2. The SMILES string of the molecule is Cc1nc(C)c(CNCC(CC(C)C)C(=O)O)s1. The van der Waals surface area contributed by atoms with Crippen molar-refractivity contribution >= 4 is 17.3 Å². The summed E-state index contributed by atoms with van der Waals surface area (Å²) in [4.78, 5) is 16.6. The van der Waals surface area contributed by atoms with Crippen LogP contribution in [0.25, 0.3) is 0 Å². The molecule has 2 N–H and O–H groups in total. The molecule has 0 saturated carbocycles. The van der Waals surface area contributed by atoms with Crippen molar-refractivity contribution in [1.82, 2.24) is 10.3 Å². The molecular formula is C13H22N2O2S. The summed E-state index contributed by atoms with van der Waals surface area (Å²) in [7, 11) is 0. The molecule has 1 aromatic rings. The number of thiazole rings is 1. The summed E-state index contributed by atoms with van der Waals surface area (Å²) >= 11 is 1.67. The number of carboxylic acid groups (broad SMARTS) is 1. The van der Waals surface area contributed by atoms with Gasteiger partial charge in [-0.2, -0.15) is 0 Å². The predicted octanol–water partition coefficient (Wildman–Crippen LogP) is 2.60. The highest BCUT2D eigenvalue weighted by molar-refractivity contribution is 7.11. The molecule has 0 aliphatic heterocycles. The first-order valence-electron chi connectivity index (χ1n) is 6.26. The molecule has 18 heavy (non-hydrogen) atoms. The minimum Gasteiger partial charge on any atom is -0.481 e. The van der Waals surface area contributed by atoms with Crippen LogP contribution in [0.2, 0.25) is 0 Å². The highest BCUT2D eigenvalue weighted by Crippen LogP contribution is 2.17. The molecule has 0 amide bonds. The Hall–Kier alpha value is -0.940. The Morgan fingerprint density at radius 3 is 2.56 bits per heavy atom. The van der Waals surface area contributed by atoms with Crippen molar-refractivity contribution in [3.63, 3.8) is 0 Å². The lowest BCUT2D eigenvalue weighted by Crippen LogP contribution is -2.29. The maximum absolute atomic E-state index is 11.1. The van der Waals surface area contributed by atoms with E-state index in [-0.39, 0.29) is 5.92 Å². The van der Waals surface area contributed by atoms with Gasteiger partial charge in [-0.05, 0) is 26.2 Å². The first-order chi connectivity index (χ1) is 8.40. The average Bonchev–Trinajstić information content (AvgIpc) is 2.55. The second-order valence-corrected chi connectivity index (χ2v) is 6.32. The lowest BCUT2D eigenvalue weighted by atomic mass is 9.97. The van der Waals surface area contributed by atoms with Crippen LogP contribution in [0.15, 0.2) is 0 Å². The minimum absolute atomic E-state index is 0.306. The number of carbonyl (C=O) groups is 1. The highest BCUT2D eigenvalue weighted by atomic mass is 32.1. The van der Waals surface area contributed by atoms with Crippen LogP contribution in [0, 0.1) is 25.7 Å². The van der Waals surface area contributed by atoms with Crippen LogP contribution in [0.1, 0.15) is 35.8 Å². The third kappa shape index (κ3) is 4.74. The van der Waals surface area contributed by atoms with E-state index in [1.54, 1.807) is 11.3 Å². The molecule has 0 saturated heterocycles. The summed E-state index contributed by atoms with van der Waals surface area (Å²) in [5, 5.41) is 13.4. The highest BCUT2D eigenvalue weighted by Gasteiger charge is 2.18. The summed E-state index contributed by atoms with van der Waals surface area (Å²) in [6.45, 7) is 9.30. The van der Waals surface area contributed by atoms with Crippen molar-refractivity contribution in [2.75, 3.05) is 6.54 Å². The Balaban J connectivity index is 2.43. The van der Waals surface area contributed by atoms with Crippen LogP contribution >= 0.6 is 11.3 Å². The van der Waals surface area contributed by atoms with Crippen LogP contribution in [0.4, 0.5) is 0 Å². The van der Waals surface area contributed by atoms with Crippen molar-refractivity contribution in [1.29, 1.82) is 0 Å². The third-order valence-electron chi connectivity index (χ3n) is 2.78. The first-order valence-corrected chi connectivity index (χ1v) is 7.08. The molecule has 0 spiro atoms. The van der Waals surface area contributed by atoms with Crippen LogP contribution in [-0.2, 0) is 11.3 Å². The van der Waals surface area contributed by atoms with Gasteiger partial charge < -0.3 is 10.4 Å². The van der Waals surface area contributed by atoms with Crippen LogP contribution in [-0.4, -0.2) is 22.6 Å². The van der Waals surface area contributed by atoms with Gasteiger partial charge in [0.25, 0.3) is 0 Å². The Morgan fingerprint density at radius 2 is 2.11 bits per heavy atom. The average molecular weight is 270 g/mol. The molecular weight excluding hydrogens is 248 g/mol. The lowest BCUT2D eigenvalue weighted by Gasteiger charge is -2.15. The zero-order valence-corrected chi connectivity index (χ0v) is 12.3. The van der Waals surface area contributed by atoms with E-state index in [4.69, 9.17) is 5.11 Å². The lowest BCUT2D eigenvalue weighted by molar-refractivity contribution is -0.142. The quantitative estimate of drug-likeness (QED) is 0.799. The number of carboxylic acids is 1. The van der Waals surface area contributed by atoms with Gasteiger partial charge >= 0.3 is 5.97 Å². The van der Waals surface area contributed by atoms with Gasteiger partial charge in [-0.25, -0.2) is 4.98 Å². The number of aliphatic carboxylic acids is 1. The van der Waals surface area contributed by atoms with E-state index in [1.165, 1.54) is 4.88 Å². The van der Waals surface area contributed by atoms with Crippen molar-refractivity contribution < 1.29 is 9.90 Å². The van der Waals surface area contributed by atoms with E-state index in [0.29, 0.717) is 25.4 Å². The van der Waals surface area contributed by atoms with E-state index in [2.05, 4.69) is 10.3 Å². The summed E-state index contributed by atoms with van der Waals surface area (Å²) in [6, 6.07) is 0. The predicted molar refractivity (Wildman–Crippen MR) is 73.9 cm³/mol. The maximum Gasteiger partial charge on any atom is 0.307 e. The second kappa shape index (κ2) is 6.85. The van der Waals surface area contributed by atoms with Crippen molar-refractivity contribution in [2.24, 2.45) is 11.8 Å². The zero-order valence-electron chi connectivity index (χ0n) is 11.5. The van der Waals surface area contributed by atoms with Gasteiger partial charge in [-0.15, -0.1) is 11.3 Å². The third-order valence-corrected chi connectivity index (χ3v) is 3.85. The molecule has 0 aliphatic carbocycles. The number of hydrogen-bond acceptors (Lipinski definition) is 4. The maximum atomic E-state index is 11.1. The molecule has 0 aromatic carbocycles. The number of nitrogens with one attached hydrogen (secondary N) is 1. The van der Waals surface area contributed by atoms with Gasteiger partial charge in [-0.1, -0.05) is 13.8 Å². The van der Waals surface area contributed by atoms with E-state index >= 15 is 0 Å². The van der Waals surface area contributed by atoms with Crippen molar-refractivity contribution in [3.05, 3.63) is 15.6 Å². The van der Waals surface area contributed by atoms with Gasteiger partial charge in [0.1, 0.15) is 0 Å². The Labute approximate surface area is 112 Å². The standard InChI is InChI=1S/C13H22N2O2S/c1-8(2)5-11(13(16)17)6-14-7-12-9(3)15-10(4)18-12/h8,11,14H,5-7H2,1-4H3,(H,16,17). The van der Waals surface area contributed by atoms with E-state index in [0.717, 1.165) is 10.7 Å². The number of aromatic nitrogens is 1. The van der Waals surface area contributed by atoms with E-state index in [1.807, 2.05) is 27.7 Å². The van der Waals surface area contributed by atoms with Crippen molar-refractivity contribution in [3.8, 4) is 0 Å². The van der Waals surface area contributed by atoms with Crippen LogP contribution in [0.5, 0.6) is 0 Å². The van der Waals surface area contributed by atoms with Gasteiger partial charge in [0, 0.05) is 18.0 Å². The molecule has 0 fully saturated rings. The fourth-order valence-corrected chi connectivity index (χ4v) is 2.84. The zero-order chi connectivity index (χ0) is 13.7. The van der Waals surface area contributed by atoms with Crippen LogP contribution in [0.3, 0.4) is 0 Å². The normalized spacial score (nSPS) is 12.9. The number of hydrogen-bond donors (Lipinski definition) is 2. The monoisotopic (exact) mass is 270 g/mol. The second-order valence-electron chi connectivity index (χ2n) is 5.04. The molecule has 1 atom stereocenters. The Morgan fingerprint density at radius 1 is 1.44 bits per heavy atom. The van der Waals surface area contributed by atoms with E-state index < -0.39 is 5.97 Å². The molecule has 1 rings (SSSR count). The largest absolute Gasteiger partial charge is 0.481 e. The number of rotatable bonds is 7. The van der Waals surface area contributed by atoms with Gasteiger partial charge in [0.05, 0.1) is 16.6 Å². The smallest absolute Gasteiger partial charge is 0.307 e. The molecule has 102 valence electrons.